The van der Waals surface area contributed by atoms with Crippen LogP contribution in [-0.2, 0) is 33.9 Å². The highest BCUT2D eigenvalue weighted by atomic mass is 32.2. The first-order valence-electron chi connectivity index (χ1n) is 9.92. The summed E-state index contributed by atoms with van der Waals surface area (Å²) in [5, 5.41) is 3.87. The number of hydrogen-bond donors (Lipinski definition) is 2. The first kappa shape index (κ1) is 22.7. The molecule has 10 heteroatoms. The largest absolute Gasteiger partial charge is 0.465 e. The molecule has 3 rings (SSSR count). The molecule has 1 aliphatic carbocycles. The molecule has 0 radical (unpaired) electrons. The van der Waals surface area contributed by atoms with E-state index in [2.05, 4.69) is 10.0 Å². The second kappa shape index (κ2) is 9.88. The van der Waals surface area contributed by atoms with Crippen molar-refractivity contribution in [1.82, 2.24) is 10.0 Å². The maximum absolute atomic E-state index is 12.9. The Bertz CT molecular complexity index is 1080. The Hall–Kier alpha value is -2.98. The van der Waals surface area contributed by atoms with Gasteiger partial charge in [0.15, 0.2) is 0 Å². The van der Waals surface area contributed by atoms with Crippen LogP contribution in [0.3, 0.4) is 0 Å². The van der Waals surface area contributed by atoms with Gasteiger partial charge in [-0.05, 0) is 42.7 Å². The van der Waals surface area contributed by atoms with E-state index < -0.39 is 46.9 Å². The van der Waals surface area contributed by atoms with E-state index in [-0.39, 0.29) is 17.6 Å². The molecule has 0 aliphatic heterocycles. The van der Waals surface area contributed by atoms with Crippen LogP contribution < -0.4 is 10.0 Å². The monoisotopic (exact) mass is 448 g/mol. The molecule has 0 aromatic heterocycles. The molecule has 1 amide bonds. The molecular weight excluding hydrogens is 424 g/mol. The number of amides is 1. The van der Waals surface area contributed by atoms with Gasteiger partial charge in [-0.25, -0.2) is 8.42 Å². The van der Waals surface area contributed by atoms with Gasteiger partial charge in [0.05, 0.1) is 17.9 Å². The van der Waals surface area contributed by atoms with Crippen LogP contribution in [0.4, 0.5) is 0 Å². The summed E-state index contributed by atoms with van der Waals surface area (Å²) in [6.45, 7) is 1.31. The second-order valence-electron chi connectivity index (χ2n) is 7.10. The predicted molar refractivity (Wildman–Crippen MR) is 111 cm³/mol. The molecule has 1 atom stereocenters. The van der Waals surface area contributed by atoms with Crippen molar-refractivity contribution >= 4 is 38.6 Å². The van der Waals surface area contributed by atoms with E-state index >= 15 is 0 Å². The van der Waals surface area contributed by atoms with Crippen LogP contribution in [0, 0.1) is 0 Å². The van der Waals surface area contributed by atoms with Crippen molar-refractivity contribution in [2.24, 2.45) is 0 Å². The summed E-state index contributed by atoms with van der Waals surface area (Å²) in [6.07, 6.45) is 0.799. The van der Waals surface area contributed by atoms with Crippen molar-refractivity contribution in [3.63, 3.8) is 0 Å². The normalized spacial score (nSPS) is 14.6. The molecule has 0 bridgehead atoms. The number of ether oxygens (including phenoxy) is 2. The summed E-state index contributed by atoms with van der Waals surface area (Å²) < 4.78 is 38.0. The van der Waals surface area contributed by atoms with Crippen molar-refractivity contribution < 1.29 is 32.3 Å². The van der Waals surface area contributed by atoms with Gasteiger partial charge in [0.2, 0.25) is 15.9 Å². The maximum atomic E-state index is 12.9. The zero-order valence-corrected chi connectivity index (χ0v) is 17.8. The maximum Gasteiger partial charge on any atom is 0.325 e. The van der Waals surface area contributed by atoms with Gasteiger partial charge in [-0.15, -0.1) is 0 Å². The van der Waals surface area contributed by atoms with Gasteiger partial charge in [-0.1, -0.05) is 30.3 Å². The first-order valence-corrected chi connectivity index (χ1v) is 11.4. The van der Waals surface area contributed by atoms with Crippen molar-refractivity contribution in [1.29, 1.82) is 0 Å². The van der Waals surface area contributed by atoms with Crippen LogP contribution in [0.5, 0.6) is 0 Å². The van der Waals surface area contributed by atoms with Crippen LogP contribution in [0.2, 0.25) is 0 Å². The molecule has 1 aliphatic rings. The topological polar surface area (TPSA) is 128 Å². The van der Waals surface area contributed by atoms with Crippen LogP contribution >= 0.6 is 0 Å². The lowest BCUT2D eigenvalue weighted by atomic mass is 10.1. The van der Waals surface area contributed by atoms with Crippen LogP contribution in [-0.4, -0.2) is 51.6 Å². The van der Waals surface area contributed by atoms with Gasteiger partial charge in [0.25, 0.3) is 0 Å². The molecule has 31 heavy (non-hydrogen) atoms. The molecule has 0 heterocycles. The lowest BCUT2D eigenvalue weighted by Gasteiger charge is -2.18. The van der Waals surface area contributed by atoms with Crippen molar-refractivity contribution in [3.05, 3.63) is 42.5 Å². The van der Waals surface area contributed by atoms with Crippen LogP contribution in [0.1, 0.15) is 26.2 Å². The molecular formula is C21H24N2O7S. The minimum atomic E-state index is -4.14. The van der Waals surface area contributed by atoms with Crippen LogP contribution in [0.25, 0.3) is 10.8 Å². The Balaban J connectivity index is 1.76. The number of fused-ring (bicyclic) bond motifs is 1. The fraction of sp³-hybridized carbons (Fsp3) is 0.381. The molecule has 0 spiro atoms. The van der Waals surface area contributed by atoms with E-state index in [1.54, 1.807) is 25.1 Å². The quantitative estimate of drug-likeness (QED) is 0.524. The van der Waals surface area contributed by atoms with E-state index in [1.807, 2.05) is 12.1 Å². The Kier molecular flexibility index (Phi) is 7.24. The van der Waals surface area contributed by atoms with Crippen molar-refractivity contribution in [3.8, 4) is 0 Å². The summed E-state index contributed by atoms with van der Waals surface area (Å²) in [4.78, 5) is 36.1. The summed E-state index contributed by atoms with van der Waals surface area (Å²) in [6, 6.07) is 10.3. The van der Waals surface area contributed by atoms with Gasteiger partial charge >= 0.3 is 11.9 Å². The van der Waals surface area contributed by atoms with E-state index in [0.29, 0.717) is 5.39 Å². The summed E-state index contributed by atoms with van der Waals surface area (Å²) in [5.74, 6) is -2.20. The summed E-state index contributed by atoms with van der Waals surface area (Å²) in [5.41, 5.74) is 0. The number of hydrogen-bond acceptors (Lipinski definition) is 7. The lowest BCUT2D eigenvalue weighted by molar-refractivity contribution is -0.147. The fourth-order valence-electron chi connectivity index (χ4n) is 2.86. The standard InChI is InChI=1S/C21H24N2O7S/c1-2-29-20(25)13-22-21(26)18(12-19(24)30-16-8-9-16)23-31(27,28)17-10-7-14-5-3-4-6-15(14)11-17/h3-7,10-11,16,18,23H,2,8-9,12-13H2,1H3,(H,22,26). The minimum Gasteiger partial charge on any atom is -0.465 e. The summed E-state index contributed by atoms with van der Waals surface area (Å²) >= 11 is 0. The Labute approximate surface area is 180 Å². The van der Waals surface area contributed by atoms with Gasteiger partial charge in [0, 0.05) is 0 Å². The molecule has 0 saturated heterocycles. The van der Waals surface area contributed by atoms with Crippen molar-refractivity contribution in [2.75, 3.05) is 13.2 Å². The highest BCUT2D eigenvalue weighted by Crippen LogP contribution is 2.24. The minimum absolute atomic E-state index is 0.0510. The Morgan fingerprint density at radius 1 is 1.06 bits per heavy atom. The highest BCUT2D eigenvalue weighted by Gasteiger charge is 2.32. The van der Waals surface area contributed by atoms with E-state index in [1.165, 1.54) is 12.1 Å². The molecule has 9 nitrogen and oxygen atoms in total. The van der Waals surface area contributed by atoms with Gasteiger partial charge in [0.1, 0.15) is 18.7 Å². The SMILES string of the molecule is CCOC(=O)CNC(=O)C(CC(=O)OC1CC1)NS(=O)(=O)c1ccc2ccccc2c1. The Morgan fingerprint density at radius 2 is 1.77 bits per heavy atom. The number of carbonyl (C=O) groups is 3. The molecule has 1 saturated carbocycles. The summed E-state index contributed by atoms with van der Waals surface area (Å²) in [7, 11) is -4.14. The average molecular weight is 448 g/mol. The van der Waals surface area contributed by atoms with E-state index in [4.69, 9.17) is 9.47 Å². The molecule has 1 unspecified atom stereocenters. The molecule has 2 N–H and O–H groups in total. The van der Waals surface area contributed by atoms with E-state index in [0.717, 1.165) is 18.2 Å². The fourth-order valence-corrected chi connectivity index (χ4v) is 4.09. The third-order valence-electron chi connectivity index (χ3n) is 4.55. The second-order valence-corrected chi connectivity index (χ2v) is 8.81. The number of sulfonamides is 1. The number of rotatable bonds is 10. The third-order valence-corrected chi connectivity index (χ3v) is 6.02. The predicted octanol–water partition coefficient (Wildman–Crippen LogP) is 1.26. The molecule has 1 fully saturated rings. The molecule has 2 aromatic carbocycles. The smallest absolute Gasteiger partial charge is 0.325 e. The first-order chi connectivity index (χ1) is 14.8. The number of nitrogens with one attached hydrogen (secondary N) is 2. The average Bonchev–Trinajstić information content (AvgIpc) is 3.55. The zero-order valence-electron chi connectivity index (χ0n) is 17.0. The van der Waals surface area contributed by atoms with E-state index in [9.17, 15) is 22.8 Å². The van der Waals surface area contributed by atoms with Gasteiger partial charge in [-0.2, -0.15) is 4.72 Å². The molecule has 166 valence electrons. The van der Waals surface area contributed by atoms with Crippen molar-refractivity contribution in [2.45, 2.75) is 43.2 Å². The van der Waals surface area contributed by atoms with Crippen LogP contribution in [0.15, 0.2) is 47.4 Å². The highest BCUT2D eigenvalue weighted by molar-refractivity contribution is 7.89. The zero-order chi connectivity index (χ0) is 22.4. The number of carbonyl (C=O) groups excluding carboxylic acids is 3. The number of esters is 2. The number of benzene rings is 2. The Morgan fingerprint density at radius 3 is 2.45 bits per heavy atom. The van der Waals surface area contributed by atoms with Gasteiger partial charge < -0.3 is 14.8 Å². The van der Waals surface area contributed by atoms with Gasteiger partial charge in [-0.3, -0.25) is 14.4 Å². The third kappa shape index (κ3) is 6.50. The lowest BCUT2D eigenvalue weighted by Crippen LogP contribution is -2.49. The molecule has 2 aromatic rings.